The molecular weight excluding hydrogens is 365 g/mol. The molecule has 0 bridgehead atoms. The van der Waals surface area contributed by atoms with Gasteiger partial charge < -0.3 is 15.4 Å². The van der Waals surface area contributed by atoms with Crippen LogP contribution in [0.3, 0.4) is 0 Å². The molecule has 1 rings (SSSR count). The van der Waals surface area contributed by atoms with E-state index in [0.29, 0.717) is 11.6 Å². The second-order valence-electron chi connectivity index (χ2n) is 3.45. The summed E-state index contributed by atoms with van der Waals surface area (Å²) in [5.41, 5.74) is 0.968. The molecule has 0 aliphatic rings. The SMILES string of the molecule is CN=C(NC)NCC(OC)c1ccccc1Cl.I. The van der Waals surface area contributed by atoms with Crippen molar-refractivity contribution in [1.29, 1.82) is 0 Å². The Bertz CT molecular complexity index is 387. The van der Waals surface area contributed by atoms with Gasteiger partial charge in [0.05, 0.1) is 0 Å². The number of ether oxygens (including phenoxy) is 1. The Labute approximate surface area is 130 Å². The van der Waals surface area contributed by atoms with E-state index in [1.54, 1.807) is 14.2 Å². The molecule has 1 aromatic rings. The lowest BCUT2D eigenvalue weighted by Gasteiger charge is -2.18. The summed E-state index contributed by atoms with van der Waals surface area (Å²) in [6.45, 7) is 0.605. The van der Waals surface area contributed by atoms with Crippen LogP contribution in [-0.2, 0) is 4.74 Å². The monoisotopic (exact) mass is 383 g/mol. The first-order valence-electron chi connectivity index (χ1n) is 5.38. The van der Waals surface area contributed by atoms with Crippen LogP contribution in [0.2, 0.25) is 5.02 Å². The molecule has 0 radical (unpaired) electrons. The molecule has 0 amide bonds. The van der Waals surface area contributed by atoms with Crippen LogP contribution >= 0.6 is 35.6 Å². The molecule has 6 heteroatoms. The van der Waals surface area contributed by atoms with Crippen molar-refractivity contribution in [3.63, 3.8) is 0 Å². The average molecular weight is 384 g/mol. The van der Waals surface area contributed by atoms with Crippen molar-refractivity contribution in [1.82, 2.24) is 10.6 Å². The minimum Gasteiger partial charge on any atom is -0.375 e. The maximum atomic E-state index is 6.13. The molecule has 4 nitrogen and oxygen atoms in total. The first-order chi connectivity index (χ1) is 8.22. The van der Waals surface area contributed by atoms with Gasteiger partial charge in [-0.15, -0.1) is 24.0 Å². The number of benzene rings is 1. The Balaban J connectivity index is 0.00000289. The van der Waals surface area contributed by atoms with Gasteiger partial charge in [-0.1, -0.05) is 29.8 Å². The third-order valence-electron chi connectivity index (χ3n) is 2.45. The van der Waals surface area contributed by atoms with Gasteiger partial charge in [-0.05, 0) is 6.07 Å². The van der Waals surface area contributed by atoms with Crippen molar-refractivity contribution in [2.24, 2.45) is 4.99 Å². The second-order valence-corrected chi connectivity index (χ2v) is 3.86. The summed E-state index contributed by atoms with van der Waals surface area (Å²) in [4.78, 5) is 4.03. The topological polar surface area (TPSA) is 45.7 Å². The summed E-state index contributed by atoms with van der Waals surface area (Å²) >= 11 is 6.13. The highest BCUT2D eigenvalue weighted by Gasteiger charge is 2.13. The van der Waals surface area contributed by atoms with Gasteiger partial charge in [0.1, 0.15) is 6.10 Å². The van der Waals surface area contributed by atoms with Crippen molar-refractivity contribution in [3.05, 3.63) is 34.9 Å². The number of nitrogens with one attached hydrogen (secondary N) is 2. The predicted octanol–water partition coefficient (Wildman–Crippen LogP) is 2.44. The number of methoxy groups -OCH3 is 1. The number of nitrogens with zero attached hydrogens (tertiary/aromatic N) is 1. The molecule has 0 fully saturated rings. The number of aliphatic imine (C=N–C) groups is 1. The summed E-state index contributed by atoms with van der Waals surface area (Å²) in [5.74, 6) is 0.721. The summed E-state index contributed by atoms with van der Waals surface area (Å²) in [6.07, 6.45) is -0.103. The molecule has 1 aromatic carbocycles. The number of halogens is 2. The van der Waals surface area contributed by atoms with E-state index in [1.807, 2.05) is 31.3 Å². The van der Waals surface area contributed by atoms with Crippen molar-refractivity contribution in [2.75, 3.05) is 27.7 Å². The van der Waals surface area contributed by atoms with E-state index in [9.17, 15) is 0 Å². The fourth-order valence-electron chi connectivity index (χ4n) is 1.53. The Kier molecular flexibility index (Phi) is 9.13. The van der Waals surface area contributed by atoms with E-state index in [-0.39, 0.29) is 30.1 Å². The number of hydrogen-bond acceptors (Lipinski definition) is 2. The lowest BCUT2D eigenvalue weighted by molar-refractivity contribution is 0.106. The first kappa shape index (κ1) is 17.5. The fourth-order valence-corrected chi connectivity index (χ4v) is 1.78. The predicted molar refractivity (Wildman–Crippen MR) is 87.0 cm³/mol. The van der Waals surface area contributed by atoms with Gasteiger partial charge in [0, 0.05) is 38.3 Å². The van der Waals surface area contributed by atoms with Crippen LogP contribution in [0.5, 0.6) is 0 Å². The van der Waals surface area contributed by atoms with E-state index < -0.39 is 0 Å². The molecular formula is C12H19ClIN3O. The van der Waals surface area contributed by atoms with Gasteiger partial charge >= 0.3 is 0 Å². The molecule has 0 aliphatic heterocycles. The molecule has 2 N–H and O–H groups in total. The summed E-state index contributed by atoms with van der Waals surface area (Å²) in [5, 5.41) is 6.81. The summed E-state index contributed by atoms with van der Waals surface area (Å²) < 4.78 is 5.43. The van der Waals surface area contributed by atoms with E-state index in [0.717, 1.165) is 11.5 Å². The quantitative estimate of drug-likeness (QED) is 0.477. The van der Waals surface area contributed by atoms with Crippen LogP contribution in [0.4, 0.5) is 0 Å². The highest BCUT2D eigenvalue weighted by molar-refractivity contribution is 14.0. The maximum Gasteiger partial charge on any atom is 0.190 e. The summed E-state index contributed by atoms with van der Waals surface area (Å²) in [6, 6.07) is 7.66. The lowest BCUT2D eigenvalue weighted by atomic mass is 10.1. The van der Waals surface area contributed by atoms with E-state index in [2.05, 4.69) is 15.6 Å². The van der Waals surface area contributed by atoms with Gasteiger partial charge in [0.2, 0.25) is 0 Å². The van der Waals surface area contributed by atoms with Crippen LogP contribution < -0.4 is 10.6 Å². The molecule has 0 spiro atoms. The zero-order chi connectivity index (χ0) is 12.7. The summed E-state index contributed by atoms with van der Waals surface area (Å²) in [7, 11) is 5.20. The van der Waals surface area contributed by atoms with Crippen LogP contribution in [-0.4, -0.2) is 33.7 Å². The van der Waals surface area contributed by atoms with Crippen molar-refractivity contribution < 1.29 is 4.74 Å². The van der Waals surface area contributed by atoms with E-state index in [4.69, 9.17) is 16.3 Å². The minimum atomic E-state index is -0.103. The van der Waals surface area contributed by atoms with Crippen LogP contribution in [0.1, 0.15) is 11.7 Å². The molecule has 0 aromatic heterocycles. The lowest BCUT2D eigenvalue weighted by Crippen LogP contribution is -2.37. The molecule has 0 saturated carbocycles. The zero-order valence-corrected chi connectivity index (χ0v) is 13.8. The average Bonchev–Trinajstić information content (AvgIpc) is 2.36. The number of hydrogen-bond donors (Lipinski definition) is 2. The Morgan fingerprint density at radius 3 is 2.61 bits per heavy atom. The van der Waals surface area contributed by atoms with Crippen molar-refractivity contribution in [3.8, 4) is 0 Å². The highest BCUT2D eigenvalue weighted by Crippen LogP contribution is 2.24. The van der Waals surface area contributed by atoms with Gasteiger partial charge in [-0.2, -0.15) is 0 Å². The Hall–Kier alpha value is -0.530. The molecule has 1 atom stereocenters. The largest absolute Gasteiger partial charge is 0.375 e. The van der Waals surface area contributed by atoms with Crippen LogP contribution in [0.25, 0.3) is 0 Å². The van der Waals surface area contributed by atoms with Gasteiger partial charge in [-0.25, -0.2) is 0 Å². The molecule has 102 valence electrons. The maximum absolute atomic E-state index is 6.13. The van der Waals surface area contributed by atoms with Crippen molar-refractivity contribution >= 4 is 41.5 Å². The van der Waals surface area contributed by atoms with E-state index >= 15 is 0 Å². The smallest absolute Gasteiger partial charge is 0.190 e. The highest BCUT2D eigenvalue weighted by atomic mass is 127. The molecule has 18 heavy (non-hydrogen) atoms. The van der Waals surface area contributed by atoms with Crippen LogP contribution in [0.15, 0.2) is 29.3 Å². The standard InChI is InChI=1S/C12H18ClN3O.HI/c1-14-12(15-2)16-8-11(17-3)9-6-4-5-7-10(9)13;/h4-7,11H,8H2,1-3H3,(H2,14,15,16);1H. The van der Waals surface area contributed by atoms with E-state index in [1.165, 1.54) is 0 Å². The minimum absolute atomic E-state index is 0. The molecule has 1 unspecified atom stereocenters. The Morgan fingerprint density at radius 2 is 2.11 bits per heavy atom. The molecule has 0 heterocycles. The fraction of sp³-hybridized carbons (Fsp3) is 0.417. The van der Waals surface area contributed by atoms with Gasteiger partial charge in [0.25, 0.3) is 0 Å². The number of rotatable bonds is 4. The first-order valence-corrected chi connectivity index (χ1v) is 5.76. The zero-order valence-electron chi connectivity index (χ0n) is 10.7. The second kappa shape index (κ2) is 9.41. The third-order valence-corrected chi connectivity index (χ3v) is 2.80. The molecule has 0 aliphatic carbocycles. The van der Waals surface area contributed by atoms with Crippen molar-refractivity contribution in [2.45, 2.75) is 6.10 Å². The number of guanidine groups is 1. The van der Waals surface area contributed by atoms with Gasteiger partial charge in [0.15, 0.2) is 5.96 Å². The van der Waals surface area contributed by atoms with Gasteiger partial charge in [-0.3, -0.25) is 4.99 Å². The third kappa shape index (κ3) is 4.99. The van der Waals surface area contributed by atoms with Crippen LogP contribution in [0, 0.1) is 0 Å². The normalized spacial score (nSPS) is 12.6. The molecule has 0 saturated heterocycles. The Morgan fingerprint density at radius 1 is 1.44 bits per heavy atom.